The molecule has 1 aromatic rings. The standard InChI is InChI=1S/C12H18N2O2/c1-15-12-5-4-11(9-13-12)14-10-3-2-7-16-8-6-10/h4-5,9-10,14H,2-3,6-8H2,1H3. The van der Waals surface area contributed by atoms with Gasteiger partial charge in [-0.2, -0.15) is 0 Å². The minimum Gasteiger partial charge on any atom is -0.481 e. The van der Waals surface area contributed by atoms with Crippen molar-refractivity contribution < 1.29 is 9.47 Å². The van der Waals surface area contributed by atoms with E-state index in [0.29, 0.717) is 11.9 Å². The molecule has 1 saturated heterocycles. The van der Waals surface area contributed by atoms with Crippen molar-refractivity contribution in [3.63, 3.8) is 0 Å². The van der Waals surface area contributed by atoms with E-state index in [-0.39, 0.29) is 0 Å². The van der Waals surface area contributed by atoms with Gasteiger partial charge in [-0.05, 0) is 25.3 Å². The molecule has 88 valence electrons. The van der Waals surface area contributed by atoms with Gasteiger partial charge in [-0.15, -0.1) is 0 Å². The Kier molecular flexibility index (Phi) is 3.99. The molecule has 0 amide bonds. The molecule has 0 aliphatic carbocycles. The molecule has 1 atom stereocenters. The molecule has 0 radical (unpaired) electrons. The highest BCUT2D eigenvalue weighted by molar-refractivity contribution is 5.42. The predicted molar refractivity (Wildman–Crippen MR) is 62.9 cm³/mol. The largest absolute Gasteiger partial charge is 0.481 e. The van der Waals surface area contributed by atoms with E-state index in [2.05, 4.69) is 10.3 Å². The third-order valence-corrected chi connectivity index (χ3v) is 2.77. The molecule has 16 heavy (non-hydrogen) atoms. The van der Waals surface area contributed by atoms with Crippen molar-refractivity contribution in [3.05, 3.63) is 18.3 Å². The van der Waals surface area contributed by atoms with Gasteiger partial charge in [0.15, 0.2) is 0 Å². The van der Waals surface area contributed by atoms with Gasteiger partial charge in [-0.25, -0.2) is 4.98 Å². The Bertz CT molecular complexity index is 305. The number of hydrogen-bond donors (Lipinski definition) is 1. The molecule has 1 aromatic heterocycles. The molecule has 4 nitrogen and oxygen atoms in total. The van der Waals surface area contributed by atoms with Crippen LogP contribution in [-0.2, 0) is 4.74 Å². The highest BCUT2D eigenvalue weighted by Crippen LogP contribution is 2.16. The van der Waals surface area contributed by atoms with Crippen LogP contribution in [0.25, 0.3) is 0 Å². The first-order valence-corrected chi connectivity index (χ1v) is 5.73. The Balaban J connectivity index is 1.91. The van der Waals surface area contributed by atoms with Gasteiger partial charge in [-0.3, -0.25) is 0 Å². The number of hydrogen-bond acceptors (Lipinski definition) is 4. The molecular weight excluding hydrogens is 204 g/mol. The van der Waals surface area contributed by atoms with E-state index >= 15 is 0 Å². The van der Waals surface area contributed by atoms with Crippen molar-refractivity contribution in [3.8, 4) is 5.88 Å². The summed E-state index contributed by atoms with van der Waals surface area (Å²) < 4.78 is 10.4. The number of methoxy groups -OCH3 is 1. The zero-order valence-electron chi connectivity index (χ0n) is 9.61. The lowest BCUT2D eigenvalue weighted by Crippen LogP contribution is -2.19. The molecular formula is C12H18N2O2. The summed E-state index contributed by atoms with van der Waals surface area (Å²) >= 11 is 0. The van der Waals surface area contributed by atoms with Crippen molar-refractivity contribution in [2.24, 2.45) is 0 Å². The van der Waals surface area contributed by atoms with Crippen LogP contribution in [0.5, 0.6) is 5.88 Å². The first kappa shape index (κ1) is 11.2. The lowest BCUT2D eigenvalue weighted by Gasteiger charge is -2.16. The van der Waals surface area contributed by atoms with E-state index < -0.39 is 0 Å². The second kappa shape index (κ2) is 5.70. The van der Waals surface area contributed by atoms with E-state index in [1.54, 1.807) is 7.11 Å². The first-order chi connectivity index (χ1) is 7.88. The average molecular weight is 222 g/mol. The van der Waals surface area contributed by atoms with Gasteiger partial charge in [-0.1, -0.05) is 0 Å². The van der Waals surface area contributed by atoms with Gasteiger partial charge in [0.25, 0.3) is 0 Å². The van der Waals surface area contributed by atoms with Gasteiger partial charge >= 0.3 is 0 Å². The van der Waals surface area contributed by atoms with Crippen LogP contribution >= 0.6 is 0 Å². The summed E-state index contributed by atoms with van der Waals surface area (Å²) in [7, 11) is 1.62. The number of aromatic nitrogens is 1. The van der Waals surface area contributed by atoms with Crippen molar-refractivity contribution in [2.45, 2.75) is 25.3 Å². The van der Waals surface area contributed by atoms with Gasteiger partial charge in [0.05, 0.1) is 19.0 Å². The van der Waals surface area contributed by atoms with Gasteiger partial charge in [0.2, 0.25) is 5.88 Å². The monoisotopic (exact) mass is 222 g/mol. The van der Waals surface area contributed by atoms with Crippen molar-refractivity contribution >= 4 is 5.69 Å². The third kappa shape index (κ3) is 3.10. The molecule has 1 unspecified atom stereocenters. The molecule has 0 spiro atoms. The van der Waals surface area contributed by atoms with Crippen LogP contribution in [0.1, 0.15) is 19.3 Å². The molecule has 1 aliphatic rings. The van der Waals surface area contributed by atoms with Gasteiger partial charge < -0.3 is 14.8 Å². The quantitative estimate of drug-likeness (QED) is 0.850. The van der Waals surface area contributed by atoms with Crippen molar-refractivity contribution in [2.75, 3.05) is 25.6 Å². The summed E-state index contributed by atoms with van der Waals surface area (Å²) in [6, 6.07) is 4.37. The van der Waals surface area contributed by atoms with Crippen molar-refractivity contribution in [1.29, 1.82) is 0 Å². The van der Waals surface area contributed by atoms with Crippen LogP contribution in [0.15, 0.2) is 18.3 Å². The Hall–Kier alpha value is -1.29. The molecule has 1 N–H and O–H groups in total. The summed E-state index contributed by atoms with van der Waals surface area (Å²) in [4.78, 5) is 4.17. The van der Waals surface area contributed by atoms with Gasteiger partial charge in [0.1, 0.15) is 0 Å². The van der Waals surface area contributed by atoms with Crippen molar-refractivity contribution in [1.82, 2.24) is 4.98 Å². The fraction of sp³-hybridized carbons (Fsp3) is 0.583. The van der Waals surface area contributed by atoms with Crippen LogP contribution < -0.4 is 10.1 Å². The lowest BCUT2D eigenvalue weighted by molar-refractivity contribution is 0.144. The Morgan fingerprint density at radius 1 is 1.38 bits per heavy atom. The summed E-state index contributed by atoms with van der Waals surface area (Å²) in [6.07, 6.45) is 5.16. The van der Waals surface area contributed by atoms with Crippen LogP contribution in [0.4, 0.5) is 5.69 Å². The smallest absolute Gasteiger partial charge is 0.213 e. The number of anilines is 1. The van der Waals surface area contributed by atoms with Crippen LogP contribution in [-0.4, -0.2) is 31.3 Å². The normalized spacial score (nSPS) is 21.2. The molecule has 0 bridgehead atoms. The second-order valence-electron chi connectivity index (χ2n) is 3.97. The zero-order chi connectivity index (χ0) is 11.2. The molecule has 2 heterocycles. The van der Waals surface area contributed by atoms with E-state index in [0.717, 1.165) is 38.2 Å². The molecule has 0 aromatic carbocycles. The highest BCUT2D eigenvalue weighted by Gasteiger charge is 2.11. The number of rotatable bonds is 3. The van der Waals surface area contributed by atoms with Gasteiger partial charge in [0, 0.05) is 25.3 Å². The third-order valence-electron chi connectivity index (χ3n) is 2.77. The summed E-state index contributed by atoms with van der Waals surface area (Å²) in [5.74, 6) is 0.648. The minimum absolute atomic E-state index is 0.498. The Labute approximate surface area is 96.0 Å². The SMILES string of the molecule is COc1ccc(NC2CCCOCC2)cn1. The number of nitrogens with zero attached hydrogens (tertiary/aromatic N) is 1. The molecule has 0 saturated carbocycles. The maximum atomic E-state index is 5.42. The Morgan fingerprint density at radius 2 is 2.31 bits per heavy atom. The van der Waals surface area contributed by atoms with E-state index in [1.165, 1.54) is 0 Å². The number of nitrogens with one attached hydrogen (secondary N) is 1. The molecule has 1 aliphatic heterocycles. The molecule has 4 heteroatoms. The maximum Gasteiger partial charge on any atom is 0.213 e. The van der Waals surface area contributed by atoms with Crippen LogP contribution in [0.3, 0.4) is 0 Å². The second-order valence-corrected chi connectivity index (χ2v) is 3.97. The van der Waals surface area contributed by atoms with Crippen LogP contribution in [0, 0.1) is 0 Å². The topological polar surface area (TPSA) is 43.4 Å². The zero-order valence-corrected chi connectivity index (χ0v) is 9.61. The fourth-order valence-corrected chi connectivity index (χ4v) is 1.87. The predicted octanol–water partition coefficient (Wildman–Crippen LogP) is 2.07. The van der Waals surface area contributed by atoms with E-state index in [4.69, 9.17) is 9.47 Å². The minimum atomic E-state index is 0.498. The first-order valence-electron chi connectivity index (χ1n) is 5.73. The maximum absolute atomic E-state index is 5.42. The fourth-order valence-electron chi connectivity index (χ4n) is 1.87. The Morgan fingerprint density at radius 3 is 3.06 bits per heavy atom. The summed E-state index contributed by atoms with van der Waals surface area (Å²) in [5, 5.41) is 3.47. The summed E-state index contributed by atoms with van der Waals surface area (Å²) in [5.41, 5.74) is 1.05. The highest BCUT2D eigenvalue weighted by atomic mass is 16.5. The van der Waals surface area contributed by atoms with Crippen LogP contribution in [0.2, 0.25) is 0 Å². The lowest BCUT2D eigenvalue weighted by atomic mass is 10.1. The average Bonchev–Trinajstić information content (AvgIpc) is 2.59. The van der Waals surface area contributed by atoms with E-state index in [1.807, 2.05) is 18.3 Å². The number of ether oxygens (including phenoxy) is 2. The molecule has 2 rings (SSSR count). The molecule has 1 fully saturated rings. The van der Waals surface area contributed by atoms with E-state index in [9.17, 15) is 0 Å². The summed E-state index contributed by atoms with van der Waals surface area (Å²) in [6.45, 7) is 1.74. The number of pyridine rings is 1.